The van der Waals surface area contributed by atoms with Crippen LogP contribution >= 0.6 is 0 Å². The van der Waals surface area contributed by atoms with E-state index in [1.165, 1.54) is 19.4 Å². The molecule has 6 fully saturated rings. The number of carbonyl (C=O) groups is 1. The van der Waals surface area contributed by atoms with Gasteiger partial charge in [0.15, 0.2) is 12.6 Å². The van der Waals surface area contributed by atoms with Crippen LogP contribution in [0.25, 0.3) is 0 Å². The van der Waals surface area contributed by atoms with E-state index in [4.69, 9.17) is 23.7 Å². The summed E-state index contributed by atoms with van der Waals surface area (Å²) in [6, 6.07) is 0. The Hall–Kier alpha value is -1.27. The van der Waals surface area contributed by atoms with Gasteiger partial charge in [0.25, 0.3) is 0 Å². The molecule has 0 amide bonds. The first kappa shape index (κ1) is 46.2. The summed E-state index contributed by atoms with van der Waals surface area (Å²) in [5.41, 5.74) is -1.84. The van der Waals surface area contributed by atoms with Crippen LogP contribution < -0.4 is 0 Å². The van der Waals surface area contributed by atoms with E-state index in [0.717, 1.165) is 19.3 Å². The van der Waals surface area contributed by atoms with E-state index < -0.39 is 120 Å². The predicted molar refractivity (Wildman–Crippen MR) is 210 cm³/mol. The second-order valence-corrected chi connectivity index (χ2v) is 20.9. The van der Waals surface area contributed by atoms with Crippen LogP contribution in [0.1, 0.15) is 121 Å². The van der Waals surface area contributed by atoms with Gasteiger partial charge >= 0.3 is 5.97 Å². The quantitative estimate of drug-likeness (QED) is 0.0902. The zero-order valence-corrected chi connectivity index (χ0v) is 36.3. The summed E-state index contributed by atoms with van der Waals surface area (Å²) in [6.45, 7) is 19.2. The van der Waals surface area contributed by atoms with Crippen LogP contribution in [0.2, 0.25) is 0 Å². The van der Waals surface area contributed by atoms with Gasteiger partial charge in [0, 0.05) is 6.92 Å². The first-order chi connectivity index (χ1) is 26.8. The molecular weight excluding hydrogens is 752 g/mol. The average molecular weight is 827 g/mol. The Bertz CT molecular complexity index is 1500. The molecule has 2 saturated heterocycles. The van der Waals surface area contributed by atoms with Gasteiger partial charge in [-0.3, -0.25) is 4.79 Å². The van der Waals surface area contributed by atoms with Crippen molar-refractivity contribution in [2.24, 2.45) is 45.3 Å². The molecule has 0 aromatic heterocycles. The molecule has 14 nitrogen and oxygen atoms in total. The van der Waals surface area contributed by atoms with E-state index in [-0.39, 0.29) is 23.7 Å². The van der Waals surface area contributed by atoms with Crippen molar-refractivity contribution in [1.82, 2.24) is 0 Å². The first-order valence-electron chi connectivity index (χ1n) is 21.7. The van der Waals surface area contributed by atoms with Gasteiger partial charge in [-0.25, -0.2) is 0 Å². The third-order valence-corrected chi connectivity index (χ3v) is 16.7. The fraction of sp³-hybridized carbons (Fsp3) is 0.932. The molecule has 6 aliphatic rings. The molecule has 14 heteroatoms. The Morgan fingerprint density at radius 2 is 1.50 bits per heavy atom. The maximum Gasteiger partial charge on any atom is 0.302 e. The van der Waals surface area contributed by atoms with Gasteiger partial charge in [0.1, 0.15) is 49.3 Å². The molecule has 0 radical (unpaired) electrons. The standard InChI is InChI=1S/C44H74O14/c1-21(2)12-11-15-44(10,53)24-13-17-42(8)30(24)25(46)18-28-41(7)16-14-29(47)40(5,6)37(41)26(19-43(28,42)9)56-39-36(34(51)32(49)27(57-39)20-54-23(4)45)58-38-35(52)33(50)31(48)22(3)55-38/h12,22,24-39,46-53H,11,13-20H2,1-10H3. The SMILES string of the molecule is CC(=O)OCC1OC(OC2CC3(C)C(CC(O)C4C(C(C)(O)CCC=C(C)C)CCC43C)C3(C)CCC(O)C(C)(C)C23)C(OC2OC(C)C(O)C(O)C2O)C(O)C1O. The van der Waals surface area contributed by atoms with Gasteiger partial charge in [0.2, 0.25) is 0 Å². The molecule has 58 heavy (non-hydrogen) atoms. The van der Waals surface area contributed by atoms with Gasteiger partial charge in [-0.1, -0.05) is 46.3 Å². The van der Waals surface area contributed by atoms with Crippen LogP contribution in [0.5, 0.6) is 0 Å². The molecule has 2 heterocycles. The minimum absolute atomic E-state index is 0.0193. The topological polar surface area (TPSA) is 225 Å². The van der Waals surface area contributed by atoms with Crippen LogP contribution in [-0.4, -0.2) is 139 Å². The summed E-state index contributed by atoms with van der Waals surface area (Å²) in [5, 5.41) is 91.0. The fourth-order valence-corrected chi connectivity index (χ4v) is 13.5. The summed E-state index contributed by atoms with van der Waals surface area (Å²) >= 11 is 0. The molecule has 0 aromatic carbocycles. The third kappa shape index (κ3) is 7.76. The van der Waals surface area contributed by atoms with Crippen molar-refractivity contribution in [1.29, 1.82) is 0 Å². The lowest BCUT2D eigenvalue weighted by Crippen LogP contribution is -2.71. The first-order valence-corrected chi connectivity index (χ1v) is 21.7. The second kappa shape index (κ2) is 16.5. The number of aliphatic hydroxyl groups excluding tert-OH is 7. The zero-order chi connectivity index (χ0) is 43.1. The van der Waals surface area contributed by atoms with Gasteiger partial charge in [-0.15, -0.1) is 0 Å². The van der Waals surface area contributed by atoms with Gasteiger partial charge in [-0.2, -0.15) is 0 Å². The molecule has 0 bridgehead atoms. The number of hydrogen-bond acceptors (Lipinski definition) is 14. The van der Waals surface area contributed by atoms with E-state index in [2.05, 4.69) is 26.8 Å². The highest BCUT2D eigenvalue weighted by Gasteiger charge is 2.73. The minimum atomic E-state index is -1.72. The zero-order valence-electron chi connectivity index (χ0n) is 36.3. The van der Waals surface area contributed by atoms with E-state index in [0.29, 0.717) is 32.1 Å². The number of aliphatic hydroxyl groups is 8. The van der Waals surface area contributed by atoms with Crippen molar-refractivity contribution in [3.63, 3.8) is 0 Å². The highest BCUT2D eigenvalue weighted by molar-refractivity contribution is 5.65. The highest BCUT2D eigenvalue weighted by Crippen LogP contribution is 2.76. The average Bonchev–Trinajstić information content (AvgIpc) is 3.52. The van der Waals surface area contributed by atoms with Crippen molar-refractivity contribution in [2.75, 3.05) is 6.61 Å². The van der Waals surface area contributed by atoms with Crippen molar-refractivity contribution in [2.45, 2.75) is 206 Å². The fourth-order valence-electron chi connectivity index (χ4n) is 13.5. The summed E-state index contributed by atoms with van der Waals surface area (Å²) in [6.07, 6.45) is -9.45. The largest absolute Gasteiger partial charge is 0.463 e. The highest BCUT2D eigenvalue weighted by atomic mass is 16.8. The number of allylic oxidation sites excluding steroid dienone is 2. The Balaban J connectivity index is 1.40. The second-order valence-electron chi connectivity index (χ2n) is 20.9. The number of carbonyl (C=O) groups excluding carboxylic acids is 1. The summed E-state index contributed by atoms with van der Waals surface area (Å²) in [4.78, 5) is 11.9. The Morgan fingerprint density at radius 3 is 2.14 bits per heavy atom. The number of rotatable bonds is 10. The normalized spacial score (nSPS) is 51.1. The van der Waals surface area contributed by atoms with Crippen molar-refractivity contribution in [3.05, 3.63) is 11.6 Å². The molecule has 4 aliphatic carbocycles. The summed E-state index contributed by atoms with van der Waals surface area (Å²) < 4.78 is 30.7. The Kier molecular flexibility index (Phi) is 13.1. The van der Waals surface area contributed by atoms with Crippen LogP contribution in [0.4, 0.5) is 0 Å². The van der Waals surface area contributed by atoms with Crippen molar-refractivity contribution < 1.29 is 69.3 Å². The van der Waals surface area contributed by atoms with Gasteiger partial charge < -0.3 is 64.5 Å². The number of fused-ring (bicyclic) bond motifs is 5. The lowest BCUT2D eigenvalue weighted by atomic mass is 9.34. The minimum Gasteiger partial charge on any atom is -0.463 e. The Labute approximate surface area is 344 Å². The van der Waals surface area contributed by atoms with E-state index in [9.17, 15) is 45.6 Å². The van der Waals surface area contributed by atoms with Crippen molar-refractivity contribution >= 4 is 5.97 Å². The van der Waals surface area contributed by atoms with Crippen LogP contribution in [0.3, 0.4) is 0 Å². The monoisotopic (exact) mass is 827 g/mol. The molecule has 4 saturated carbocycles. The van der Waals surface area contributed by atoms with Gasteiger partial charge in [0.05, 0.1) is 30.0 Å². The maximum atomic E-state index is 12.3. The molecule has 21 unspecified atom stereocenters. The molecule has 6 rings (SSSR count). The number of ether oxygens (including phenoxy) is 5. The molecule has 8 N–H and O–H groups in total. The van der Waals surface area contributed by atoms with Crippen LogP contribution in [0.15, 0.2) is 11.6 Å². The Morgan fingerprint density at radius 1 is 0.828 bits per heavy atom. The summed E-state index contributed by atoms with van der Waals surface area (Å²) in [5.74, 6) is -1.23. The molecule has 0 spiro atoms. The van der Waals surface area contributed by atoms with Crippen LogP contribution in [0, 0.1) is 45.3 Å². The maximum absolute atomic E-state index is 12.3. The molecular formula is C44H74O14. The number of hydrogen-bond donors (Lipinski definition) is 8. The lowest BCUT2D eigenvalue weighted by molar-refractivity contribution is -0.382. The van der Waals surface area contributed by atoms with E-state index in [1.54, 1.807) is 0 Å². The van der Waals surface area contributed by atoms with E-state index >= 15 is 0 Å². The number of esters is 1. The van der Waals surface area contributed by atoms with Gasteiger partial charge in [-0.05, 0) is 124 Å². The third-order valence-electron chi connectivity index (χ3n) is 16.7. The smallest absolute Gasteiger partial charge is 0.302 e. The van der Waals surface area contributed by atoms with Crippen molar-refractivity contribution in [3.8, 4) is 0 Å². The molecule has 334 valence electrons. The predicted octanol–water partition coefficient (Wildman–Crippen LogP) is 2.72. The molecule has 0 aromatic rings. The molecule has 21 atom stereocenters. The molecule has 2 aliphatic heterocycles. The lowest BCUT2D eigenvalue weighted by Gasteiger charge is -2.72. The van der Waals surface area contributed by atoms with Crippen LogP contribution in [-0.2, 0) is 28.5 Å². The van der Waals surface area contributed by atoms with E-state index in [1.807, 2.05) is 34.6 Å². The summed E-state index contributed by atoms with van der Waals surface area (Å²) in [7, 11) is 0.